The van der Waals surface area contributed by atoms with Crippen LogP contribution in [0.25, 0.3) is 0 Å². The summed E-state index contributed by atoms with van der Waals surface area (Å²) < 4.78 is 36.5. The zero-order valence-electron chi connectivity index (χ0n) is 9.90. The van der Waals surface area contributed by atoms with Crippen LogP contribution in [-0.4, -0.2) is 27.3 Å². The maximum Gasteiger partial charge on any atom is 0.451 e. The summed E-state index contributed by atoms with van der Waals surface area (Å²) in [5, 5.41) is 33.6. The number of hydrogen-bond acceptors (Lipinski definition) is 6. The highest BCUT2D eigenvalue weighted by atomic mass is 19.4. The molecule has 0 radical (unpaired) electrons. The van der Waals surface area contributed by atoms with Crippen LogP contribution in [0.5, 0.6) is 0 Å². The predicted octanol–water partition coefficient (Wildman–Crippen LogP) is 3.10. The first-order valence-corrected chi connectivity index (χ1v) is 5.03. The van der Waals surface area contributed by atoms with Gasteiger partial charge in [0.25, 0.3) is 5.69 Å². The lowest BCUT2D eigenvalue weighted by Crippen LogP contribution is -2.16. The number of aliphatic hydroxyl groups excluding tert-OH is 1. The summed E-state index contributed by atoms with van der Waals surface area (Å²) in [4.78, 5) is 20.3. The topological polar surface area (TPSA) is 125 Å². The quantitative estimate of drug-likeness (QED) is 0.290. The van der Waals surface area contributed by atoms with Gasteiger partial charge in [0.2, 0.25) is 11.5 Å². The van der Waals surface area contributed by atoms with Crippen LogP contribution in [0.3, 0.4) is 0 Å². The summed E-state index contributed by atoms with van der Waals surface area (Å²) in [6.45, 7) is 0. The van der Waals surface area contributed by atoms with E-state index in [1.807, 2.05) is 0 Å². The van der Waals surface area contributed by atoms with Crippen LogP contribution in [0, 0.1) is 10.1 Å². The van der Waals surface area contributed by atoms with Crippen molar-refractivity contribution < 1.29 is 33.1 Å². The number of nitro benzene ring substituents is 1. The van der Waals surface area contributed by atoms with E-state index in [1.54, 1.807) is 0 Å². The molecule has 112 valence electrons. The largest absolute Gasteiger partial charge is 0.502 e. The normalized spacial score (nSPS) is 13.1. The third-order valence-electron chi connectivity index (χ3n) is 2.02. The van der Waals surface area contributed by atoms with Crippen molar-refractivity contribution in [2.24, 2.45) is 10.2 Å². The minimum Gasteiger partial charge on any atom is -0.502 e. The Balaban J connectivity index is 3.10. The lowest BCUT2D eigenvalue weighted by atomic mass is 10.3. The lowest BCUT2D eigenvalue weighted by molar-refractivity contribution is -0.384. The number of nitro groups is 1. The number of halogens is 3. The van der Waals surface area contributed by atoms with Crippen molar-refractivity contribution >= 4 is 17.3 Å². The second-order valence-corrected chi connectivity index (χ2v) is 3.47. The summed E-state index contributed by atoms with van der Waals surface area (Å²) >= 11 is 0. The molecule has 0 unspecified atom stereocenters. The Morgan fingerprint density at radius 3 is 2.10 bits per heavy atom. The molecular weight excluding hydrogens is 299 g/mol. The fourth-order valence-corrected chi connectivity index (χ4v) is 1.07. The van der Waals surface area contributed by atoms with Crippen molar-refractivity contribution in [2.45, 2.75) is 6.18 Å². The fraction of sp³-hybridized carbons (Fsp3) is 0.100. The van der Waals surface area contributed by atoms with Gasteiger partial charge in [0.1, 0.15) is 0 Å². The molecule has 1 aromatic carbocycles. The number of allylic oxidation sites excluding steroid dienone is 1. The maximum atomic E-state index is 12.2. The van der Waals surface area contributed by atoms with Crippen LogP contribution < -0.4 is 0 Å². The molecule has 0 aliphatic carbocycles. The molecule has 0 saturated carbocycles. The molecule has 2 N–H and O–H groups in total. The number of benzene rings is 1. The van der Waals surface area contributed by atoms with E-state index in [9.17, 15) is 28.1 Å². The van der Waals surface area contributed by atoms with E-state index in [2.05, 4.69) is 10.2 Å². The smallest absolute Gasteiger partial charge is 0.451 e. The Kier molecular flexibility index (Phi) is 4.58. The van der Waals surface area contributed by atoms with Crippen LogP contribution in [0.4, 0.5) is 24.5 Å². The number of carboxylic acids is 1. The van der Waals surface area contributed by atoms with Gasteiger partial charge in [0, 0.05) is 12.1 Å². The first kappa shape index (κ1) is 16.1. The molecule has 0 fully saturated rings. The van der Waals surface area contributed by atoms with Crippen molar-refractivity contribution in [3.63, 3.8) is 0 Å². The predicted molar refractivity (Wildman–Crippen MR) is 61.0 cm³/mol. The number of nitrogens with zero attached hydrogens (tertiary/aromatic N) is 3. The average Bonchev–Trinajstić information content (AvgIpc) is 2.37. The Labute approximate surface area is 114 Å². The van der Waals surface area contributed by atoms with Crippen molar-refractivity contribution in [1.29, 1.82) is 0 Å². The van der Waals surface area contributed by atoms with Crippen LogP contribution in [-0.2, 0) is 4.79 Å². The SMILES string of the molecule is O=C(O)/C(N=Nc1ccc([N+](=O)[O-])cc1)=C(\O)C(F)(F)F. The molecule has 0 bridgehead atoms. The van der Waals surface area contributed by atoms with E-state index < -0.39 is 28.5 Å². The van der Waals surface area contributed by atoms with E-state index in [-0.39, 0.29) is 11.4 Å². The van der Waals surface area contributed by atoms with Gasteiger partial charge < -0.3 is 10.2 Å². The van der Waals surface area contributed by atoms with Gasteiger partial charge in [-0.3, -0.25) is 10.1 Å². The molecule has 1 aromatic rings. The van der Waals surface area contributed by atoms with Gasteiger partial charge in [-0.2, -0.15) is 18.3 Å². The number of carboxylic acid groups (broad SMARTS) is 1. The highest BCUT2D eigenvalue weighted by Crippen LogP contribution is 2.27. The molecule has 1 rings (SSSR count). The zero-order chi connectivity index (χ0) is 16.2. The molecule has 0 aromatic heterocycles. The maximum absolute atomic E-state index is 12.2. The average molecular weight is 305 g/mol. The third kappa shape index (κ3) is 4.26. The summed E-state index contributed by atoms with van der Waals surface area (Å²) in [6.07, 6.45) is -5.29. The summed E-state index contributed by atoms with van der Waals surface area (Å²) in [5.41, 5.74) is -2.11. The standard InChI is InChI=1S/C10H6F3N3O5/c11-10(12,13)8(17)7(9(18)19)15-14-5-1-3-6(4-2-5)16(20)21/h1-4,17H,(H,18,19)/b8-7+,15-14?. The monoisotopic (exact) mass is 305 g/mol. The molecule has 0 saturated heterocycles. The molecule has 0 amide bonds. The molecule has 0 aliphatic rings. The Bertz CT molecular complexity index is 622. The van der Waals surface area contributed by atoms with Crippen LogP contribution >= 0.6 is 0 Å². The molecule has 0 aliphatic heterocycles. The van der Waals surface area contributed by atoms with Crippen LogP contribution in [0.2, 0.25) is 0 Å². The molecule has 0 atom stereocenters. The van der Waals surface area contributed by atoms with E-state index in [0.29, 0.717) is 0 Å². The third-order valence-corrected chi connectivity index (χ3v) is 2.02. The summed E-state index contributed by atoms with van der Waals surface area (Å²) in [5.74, 6) is -4.53. The molecule has 0 heterocycles. The molecular formula is C10H6F3N3O5. The van der Waals surface area contributed by atoms with E-state index in [4.69, 9.17) is 10.2 Å². The summed E-state index contributed by atoms with van der Waals surface area (Å²) in [6, 6.07) is 4.10. The number of aliphatic hydroxyl groups is 1. The van der Waals surface area contributed by atoms with Gasteiger partial charge in [-0.25, -0.2) is 4.79 Å². The Morgan fingerprint density at radius 2 is 1.71 bits per heavy atom. The first-order chi connectivity index (χ1) is 9.62. The number of carbonyl (C=O) groups is 1. The fourth-order valence-electron chi connectivity index (χ4n) is 1.07. The van der Waals surface area contributed by atoms with Crippen molar-refractivity contribution in [3.05, 3.63) is 45.8 Å². The van der Waals surface area contributed by atoms with E-state index in [1.165, 1.54) is 0 Å². The second-order valence-electron chi connectivity index (χ2n) is 3.47. The van der Waals surface area contributed by atoms with Gasteiger partial charge in [0.15, 0.2) is 0 Å². The number of azo groups is 1. The van der Waals surface area contributed by atoms with Gasteiger partial charge >= 0.3 is 12.1 Å². The Hall–Kier alpha value is -2.98. The van der Waals surface area contributed by atoms with Crippen LogP contribution in [0.1, 0.15) is 0 Å². The first-order valence-electron chi connectivity index (χ1n) is 5.03. The molecule has 21 heavy (non-hydrogen) atoms. The number of non-ortho nitro benzene ring substituents is 1. The van der Waals surface area contributed by atoms with E-state index in [0.717, 1.165) is 24.3 Å². The minimum absolute atomic E-state index is 0.130. The molecule has 0 spiro atoms. The number of rotatable bonds is 4. The second kappa shape index (κ2) is 5.98. The minimum atomic E-state index is -5.29. The highest BCUT2D eigenvalue weighted by molar-refractivity contribution is 5.86. The number of aliphatic carboxylic acids is 1. The zero-order valence-corrected chi connectivity index (χ0v) is 9.90. The van der Waals surface area contributed by atoms with Gasteiger partial charge in [-0.05, 0) is 12.1 Å². The van der Waals surface area contributed by atoms with Gasteiger partial charge in [-0.15, -0.1) is 5.11 Å². The highest BCUT2D eigenvalue weighted by Gasteiger charge is 2.39. The van der Waals surface area contributed by atoms with E-state index >= 15 is 0 Å². The van der Waals surface area contributed by atoms with Crippen molar-refractivity contribution in [1.82, 2.24) is 0 Å². The number of alkyl halides is 3. The molecule has 11 heteroatoms. The Morgan fingerprint density at radius 1 is 1.19 bits per heavy atom. The van der Waals surface area contributed by atoms with Crippen molar-refractivity contribution in [3.8, 4) is 0 Å². The van der Waals surface area contributed by atoms with Gasteiger partial charge in [-0.1, -0.05) is 0 Å². The molecule has 8 nitrogen and oxygen atoms in total. The number of hydrogen-bond donors (Lipinski definition) is 2. The lowest BCUT2D eigenvalue weighted by Gasteiger charge is -2.05. The van der Waals surface area contributed by atoms with Crippen LogP contribution in [0.15, 0.2) is 46.0 Å². The van der Waals surface area contributed by atoms with Crippen molar-refractivity contribution in [2.75, 3.05) is 0 Å². The van der Waals surface area contributed by atoms with Gasteiger partial charge in [0.05, 0.1) is 10.6 Å². The summed E-state index contributed by atoms with van der Waals surface area (Å²) in [7, 11) is 0.